The van der Waals surface area contributed by atoms with Crippen molar-refractivity contribution in [1.29, 1.82) is 0 Å². The molecule has 4 aromatic heterocycles. The van der Waals surface area contributed by atoms with Gasteiger partial charge in [-0.25, -0.2) is 15.0 Å². The number of hydrogen-bond donors (Lipinski definition) is 2. The van der Waals surface area contributed by atoms with Gasteiger partial charge in [-0.2, -0.15) is 8.78 Å². The number of fused-ring (bicyclic) bond motifs is 1. The monoisotopic (exact) mass is 365 g/mol. The lowest BCUT2D eigenvalue weighted by atomic mass is 10.1. The summed E-state index contributed by atoms with van der Waals surface area (Å²) in [6, 6.07) is 8.38. The largest absolute Gasteiger partial charge is 0.366 e. The Labute approximate surface area is 154 Å². The van der Waals surface area contributed by atoms with Crippen molar-refractivity contribution < 1.29 is 8.78 Å². The van der Waals surface area contributed by atoms with Crippen LogP contribution in [0.25, 0.3) is 11.0 Å². The van der Waals surface area contributed by atoms with Gasteiger partial charge in [0.1, 0.15) is 11.5 Å². The van der Waals surface area contributed by atoms with E-state index in [1.807, 2.05) is 19.2 Å². The first-order chi connectivity index (χ1) is 13.1. The highest BCUT2D eigenvalue weighted by Gasteiger charge is 2.11. The van der Waals surface area contributed by atoms with Crippen LogP contribution < -0.4 is 5.32 Å². The van der Waals surface area contributed by atoms with E-state index in [1.54, 1.807) is 24.4 Å². The molecule has 136 valence electrons. The zero-order chi connectivity index (χ0) is 18.8. The van der Waals surface area contributed by atoms with Crippen LogP contribution in [0.3, 0.4) is 0 Å². The molecule has 4 rings (SSSR count). The number of halogens is 2. The fourth-order valence-electron chi connectivity index (χ4n) is 2.91. The molecular formula is C20H17F2N5. The predicted octanol–water partition coefficient (Wildman–Crippen LogP) is 4.14. The number of H-pyrrole nitrogens is 1. The van der Waals surface area contributed by atoms with Crippen LogP contribution in [-0.4, -0.2) is 19.9 Å². The van der Waals surface area contributed by atoms with Gasteiger partial charge in [-0.05, 0) is 41.8 Å². The van der Waals surface area contributed by atoms with Gasteiger partial charge in [-0.3, -0.25) is 0 Å². The van der Waals surface area contributed by atoms with E-state index in [1.165, 1.54) is 12.3 Å². The molecule has 0 unspecified atom stereocenters. The first-order valence-electron chi connectivity index (χ1n) is 8.51. The minimum Gasteiger partial charge on any atom is -0.366 e. The number of nitrogens with zero attached hydrogens (tertiary/aromatic N) is 3. The van der Waals surface area contributed by atoms with E-state index >= 15 is 0 Å². The van der Waals surface area contributed by atoms with Crippen LogP contribution in [0.15, 0.2) is 48.9 Å². The Morgan fingerprint density at radius 3 is 2.70 bits per heavy atom. The minimum absolute atomic E-state index is 0.381. The summed E-state index contributed by atoms with van der Waals surface area (Å²) in [4.78, 5) is 15.0. The first-order valence-corrected chi connectivity index (χ1v) is 8.51. The Morgan fingerprint density at radius 1 is 1.04 bits per heavy atom. The Bertz CT molecular complexity index is 1090. The maximum atomic E-state index is 14.5. The molecule has 4 aromatic rings. The highest BCUT2D eigenvalue weighted by Crippen LogP contribution is 2.22. The van der Waals surface area contributed by atoms with Gasteiger partial charge in [0, 0.05) is 42.5 Å². The molecule has 0 atom stereocenters. The van der Waals surface area contributed by atoms with Crippen molar-refractivity contribution in [3.63, 3.8) is 0 Å². The van der Waals surface area contributed by atoms with Gasteiger partial charge >= 0.3 is 0 Å². The molecule has 0 saturated carbocycles. The van der Waals surface area contributed by atoms with Crippen LogP contribution in [0.1, 0.15) is 22.3 Å². The van der Waals surface area contributed by atoms with Crippen molar-refractivity contribution >= 4 is 16.9 Å². The minimum atomic E-state index is -0.532. The van der Waals surface area contributed by atoms with Gasteiger partial charge in [-0.15, -0.1) is 0 Å². The molecule has 5 nitrogen and oxygen atoms in total. The van der Waals surface area contributed by atoms with Gasteiger partial charge < -0.3 is 10.3 Å². The maximum absolute atomic E-state index is 14.5. The number of anilines is 1. The molecule has 4 heterocycles. The summed E-state index contributed by atoms with van der Waals surface area (Å²) in [5, 5.41) is 4.00. The Morgan fingerprint density at radius 2 is 1.93 bits per heavy atom. The molecule has 0 aliphatic rings. The molecule has 7 heteroatoms. The Balaban J connectivity index is 1.49. The number of nitrogens with one attached hydrogen (secondary N) is 2. The standard InChI is InChI=1S/C20H17F2N5/c1-12-6-16-15(11-26-20(16)25-8-12)7-14-3-5-18(27-19(14)22)24-10-13-2-4-17(21)23-9-13/h2-6,8-9,11H,7,10H2,1H3,(H,24,27)(H,25,26). The summed E-state index contributed by atoms with van der Waals surface area (Å²) in [6.07, 6.45) is 5.50. The molecule has 0 aliphatic heterocycles. The molecule has 0 spiro atoms. The van der Waals surface area contributed by atoms with Gasteiger partial charge in [0.15, 0.2) is 0 Å². The van der Waals surface area contributed by atoms with Crippen molar-refractivity contribution in [2.75, 3.05) is 5.32 Å². The van der Waals surface area contributed by atoms with Crippen molar-refractivity contribution in [2.24, 2.45) is 0 Å². The highest BCUT2D eigenvalue weighted by molar-refractivity contribution is 5.80. The number of pyridine rings is 3. The Kier molecular flexibility index (Phi) is 4.50. The molecule has 0 bridgehead atoms. The summed E-state index contributed by atoms with van der Waals surface area (Å²) in [5.41, 5.74) is 4.10. The SMILES string of the molecule is Cc1cnc2[nH]cc(Cc3ccc(NCc4ccc(F)nc4)nc3F)c2c1. The third-order valence-corrected chi connectivity index (χ3v) is 4.32. The molecule has 0 aliphatic carbocycles. The third kappa shape index (κ3) is 3.76. The van der Waals surface area contributed by atoms with E-state index < -0.39 is 11.9 Å². The fourth-order valence-corrected chi connectivity index (χ4v) is 2.91. The van der Waals surface area contributed by atoms with Crippen molar-refractivity contribution in [3.05, 3.63) is 83.1 Å². The molecule has 0 amide bonds. The van der Waals surface area contributed by atoms with Crippen molar-refractivity contribution in [3.8, 4) is 0 Å². The molecule has 27 heavy (non-hydrogen) atoms. The van der Waals surface area contributed by atoms with Crippen LogP contribution in [0.2, 0.25) is 0 Å². The van der Waals surface area contributed by atoms with Gasteiger partial charge in [-0.1, -0.05) is 12.1 Å². The van der Waals surface area contributed by atoms with Crippen LogP contribution in [0.5, 0.6) is 0 Å². The second-order valence-electron chi connectivity index (χ2n) is 6.39. The zero-order valence-corrected chi connectivity index (χ0v) is 14.6. The summed E-state index contributed by atoms with van der Waals surface area (Å²) < 4.78 is 27.3. The van der Waals surface area contributed by atoms with Crippen LogP contribution in [-0.2, 0) is 13.0 Å². The normalized spacial score (nSPS) is 11.1. The summed E-state index contributed by atoms with van der Waals surface area (Å²) in [7, 11) is 0. The van der Waals surface area contributed by atoms with E-state index in [-0.39, 0.29) is 0 Å². The lowest BCUT2D eigenvalue weighted by Crippen LogP contribution is -2.04. The second kappa shape index (κ2) is 7.11. The van der Waals surface area contributed by atoms with Gasteiger partial charge in [0.2, 0.25) is 11.9 Å². The van der Waals surface area contributed by atoms with Crippen molar-refractivity contribution in [1.82, 2.24) is 19.9 Å². The summed E-state index contributed by atoms with van der Waals surface area (Å²) >= 11 is 0. The topological polar surface area (TPSA) is 66.5 Å². The molecule has 0 saturated heterocycles. The number of rotatable bonds is 5. The number of aromatic nitrogens is 4. The molecule has 0 aromatic carbocycles. The van der Waals surface area contributed by atoms with E-state index in [2.05, 4.69) is 25.3 Å². The van der Waals surface area contributed by atoms with E-state index in [0.717, 1.165) is 27.7 Å². The number of hydrogen-bond acceptors (Lipinski definition) is 4. The van der Waals surface area contributed by atoms with Gasteiger partial charge in [0.05, 0.1) is 0 Å². The lowest BCUT2D eigenvalue weighted by Gasteiger charge is -2.08. The number of aromatic amines is 1. The van der Waals surface area contributed by atoms with Crippen LogP contribution >= 0.6 is 0 Å². The fraction of sp³-hybridized carbons (Fsp3) is 0.150. The van der Waals surface area contributed by atoms with E-state index in [4.69, 9.17) is 0 Å². The average Bonchev–Trinajstić information content (AvgIpc) is 3.05. The van der Waals surface area contributed by atoms with E-state index in [0.29, 0.717) is 24.3 Å². The maximum Gasteiger partial charge on any atom is 0.218 e. The smallest absolute Gasteiger partial charge is 0.218 e. The second-order valence-corrected chi connectivity index (χ2v) is 6.39. The lowest BCUT2D eigenvalue weighted by molar-refractivity contribution is 0.571. The van der Waals surface area contributed by atoms with E-state index in [9.17, 15) is 8.78 Å². The van der Waals surface area contributed by atoms with Crippen molar-refractivity contribution in [2.45, 2.75) is 19.9 Å². The first kappa shape index (κ1) is 17.1. The predicted molar refractivity (Wildman–Crippen MR) is 99.4 cm³/mol. The van der Waals surface area contributed by atoms with Gasteiger partial charge in [0.25, 0.3) is 0 Å². The van der Waals surface area contributed by atoms with Crippen LogP contribution in [0.4, 0.5) is 14.6 Å². The molecular weight excluding hydrogens is 348 g/mol. The molecule has 2 N–H and O–H groups in total. The van der Waals surface area contributed by atoms with Crippen LogP contribution in [0, 0.1) is 18.8 Å². The zero-order valence-electron chi connectivity index (χ0n) is 14.6. The average molecular weight is 365 g/mol. The molecule has 0 fully saturated rings. The highest BCUT2D eigenvalue weighted by atomic mass is 19.1. The third-order valence-electron chi connectivity index (χ3n) is 4.32. The summed E-state index contributed by atoms with van der Waals surface area (Å²) in [6.45, 7) is 2.36. The quantitative estimate of drug-likeness (QED) is 0.522. The molecule has 0 radical (unpaired) electrons. The Hall–Kier alpha value is -3.35. The summed E-state index contributed by atoms with van der Waals surface area (Å²) in [5.74, 6) is -0.640. The number of aryl methyl sites for hydroxylation is 1.